The third-order valence-corrected chi connectivity index (χ3v) is 5.11. The molecular weight excluding hydrogens is 392 g/mol. The van der Waals surface area contributed by atoms with E-state index in [0.717, 1.165) is 5.39 Å². The van der Waals surface area contributed by atoms with Crippen LogP contribution in [-0.4, -0.2) is 32.2 Å². The van der Waals surface area contributed by atoms with Crippen molar-refractivity contribution in [3.05, 3.63) is 53.4 Å². The fourth-order valence-corrected chi connectivity index (χ4v) is 3.61. The molecule has 0 radical (unpaired) electrons. The van der Waals surface area contributed by atoms with E-state index in [4.69, 9.17) is 18.6 Å². The van der Waals surface area contributed by atoms with E-state index in [1.807, 2.05) is 29.6 Å². The molecule has 0 unspecified atom stereocenters. The summed E-state index contributed by atoms with van der Waals surface area (Å²) in [5, 5.41) is 6.01. The van der Waals surface area contributed by atoms with Crippen LogP contribution in [0.25, 0.3) is 22.4 Å². The predicted molar refractivity (Wildman–Crippen MR) is 111 cm³/mol. The topological polar surface area (TPSA) is 82.8 Å². The Hall–Kier alpha value is -3.52. The highest BCUT2D eigenvalue weighted by Crippen LogP contribution is 2.34. The molecule has 0 aliphatic carbocycles. The molecule has 0 bridgehead atoms. The molecule has 2 heterocycles. The van der Waals surface area contributed by atoms with Gasteiger partial charge in [0.2, 0.25) is 0 Å². The fraction of sp³-hybridized carbons (Fsp3) is 0.143. The second kappa shape index (κ2) is 7.84. The quantitative estimate of drug-likeness (QED) is 0.490. The van der Waals surface area contributed by atoms with E-state index in [9.17, 15) is 4.79 Å². The van der Waals surface area contributed by atoms with Crippen molar-refractivity contribution in [3.63, 3.8) is 0 Å². The average Bonchev–Trinajstić information content (AvgIpc) is 3.39. The van der Waals surface area contributed by atoms with Crippen LogP contribution in [0.3, 0.4) is 0 Å². The Kier molecular flexibility index (Phi) is 5.09. The van der Waals surface area contributed by atoms with Crippen molar-refractivity contribution in [1.82, 2.24) is 4.98 Å². The second-order valence-corrected chi connectivity index (χ2v) is 6.91. The van der Waals surface area contributed by atoms with E-state index in [0.29, 0.717) is 45.0 Å². The lowest BCUT2D eigenvalue weighted by molar-refractivity contribution is 0.102. The van der Waals surface area contributed by atoms with Crippen LogP contribution in [0.1, 0.15) is 10.4 Å². The number of methoxy groups -OCH3 is 3. The molecular formula is C21H18N2O5S. The number of anilines is 1. The highest BCUT2D eigenvalue weighted by atomic mass is 32.1. The number of furan rings is 1. The maximum absolute atomic E-state index is 12.6. The van der Waals surface area contributed by atoms with Gasteiger partial charge >= 0.3 is 0 Å². The van der Waals surface area contributed by atoms with Crippen LogP contribution in [0.2, 0.25) is 0 Å². The predicted octanol–water partition coefficient (Wildman–Crippen LogP) is 4.83. The Bertz CT molecular complexity index is 1180. The monoisotopic (exact) mass is 410 g/mol. The van der Waals surface area contributed by atoms with Crippen LogP contribution in [0.15, 0.2) is 52.3 Å². The normalized spacial score (nSPS) is 10.7. The second-order valence-electron chi connectivity index (χ2n) is 6.05. The van der Waals surface area contributed by atoms with Crippen molar-refractivity contribution in [2.75, 3.05) is 26.6 Å². The highest BCUT2D eigenvalue weighted by Gasteiger charge is 2.16. The number of carbonyl (C=O) groups excluding carboxylic acids is 1. The van der Waals surface area contributed by atoms with Gasteiger partial charge in [-0.2, -0.15) is 0 Å². The maximum atomic E-state index is 12.6. The van der Waals surface area contributed by atoms with Crippen molar-refractivity contribution >= 4 is 33.3 Å². The number of nitrogens with one attached hydrogen (secondary N) is 1. The molecule has 4 rings (SSSR count). The molecule has 8 heteroatoms. The Morgan fingerprint density at radius 2 is 1.79 bits per heavy atom. The maximum Gasteiger partial charge on any atom is 0.257 e. The molecule has 29 heavy (non-hydrogen) atoms. The summed E-state index contributed by atoms with van der Waals surface area (Å²) in [7, 11) is 4.67. The van der Waals surface area contributed by atoms with Crippen LogP contribution >= 0.6 is 11.3 Å². The van der Waals surface area contributed by atoms with E-state index < -0.39 is 0 Å². The molecule has 2 aromatic heterocycles. The Morgan fingerprint density at radius 1 is 1.00 bits per heavy atom. The van der Waals surface area contributed by atoms with Gasteiger partial charge in [-0.3, -0.25) is 10.1 Å². The van der Waals surface area contributed by atoms with Gasteiger partial charge in [0, 0.05) is 16.3 Å². The average molecular weight is 410 g/mol. The van der Waals surface area contributed by atoms with Crippen LogP contribution in [0, 0.1) is 0 Å². The first-order valence-corrected chi connectivity index (χ1v) is 9.56. The zero-order chi connectivity index (χ0) is 20.4. The number of benzene rings is 2. The number of aromatic nitrogens is 1. The number of hydrogen-bond donors (Lipinski definition) is 1. The summed E-state index contributed by atoms with van der Waals surface area (Å²) in [6.45, 7) is 0. The molecule has 0 spiro atoms. The first-order chi connectivity index (χ1) is 14.1. The van der Waals surface area contributed by atoms with Gasteiger partial charge in [0.1, 0.15) is 5.69 Å². The van der Waals surface area contributed by atoms with E-state index in [2.05, 4.69) is 10.3 Å². The highest BCUT2D eigenvalue weighted by molar-refractivity contribution is 7.14. The van der Waals surface area contributed by atoms with Crippen LogP contribution in [0.5, 0.6) is 17.2 Å². The van der Waals surface area contributed by atoms with Gasteiger partial charge in [-0.1, -0.05) is 12.1 Å². The minimum absolute atomic E-state index is 0.293. The third kappa shape index (κ3) is 3.62. The van der Waals surface area contributed by atoms with Crippen molar-refractivity contribution < 1.29 is 23.4 Å². The molecule has 4 aromatic rings. The summed E-state index contributed by atoms with van der Waals surface area (Å²) in [5.41, 5.74) is 1.73. The van der Waals surface area contributed by atoms with Gasteiger partial charge in [-0.15, -0.1) is 11.3 Å². The Morgan fingerprint density at radius 3 is 2.55 bits per heavy atom. The van der Waals surface area contributed by atoms with E-state index in [1.54, 1.807) is 32.4 Å². The smallest absolute Gasteiger partial charge is 0.257 e. The van der Waals surface area contributed by atoms with Crippen LogP contribution < -0.4 is 19.5 Å². The van der Waals surface area contributed by atoms with E-state index in [1.165, 1.54) is 18.4 Å². The minimum Gasteiger partial charge on any atom is -0.493 e. The minimum atomic E-state index is -0.293. The molecule has 1 N–H and O–H groups in total. The summed E-state index contributed by atoms with van der Waals surface area (Å²) in [6.07, 6.45) is 0. The Labute approximate surface area is 170 Å². The lowest BCUT2D eigenvalue weighted by Crippen LogP contribution is -2.11. The van der Waals surface area contributed by atoms with Gasteiger partial charge in [0.05, 0.1) is 21.3 Å². The van der Waals surface area contributed by atoms with Gasteiger partial charge in [0.15, 0.2) is 33.7 Å². The molecule has 0 aliphatic heterocycles. The van der Waals surface area contributed by atoms with Crippen LogP contribution in [0.4, 0.5) is 5.13 Å². The van der Waals surface area contributed by atoms with Gasteiger partial charge in [0.25, 0.3) is 5.91 Å². The lowest BCUT2D eigenvalue weighted by Gasteiger charge is -2.09. The number of hydrogen-bond acceptors (Lipinski definition) is 7. The zero-order valence-electron chi connectivity index (χ0n) is 16.0. The van der Waals surface area contributed by atoms with Crippen molar-refractivity contribution in [2.45, 2.75) is 0 Å². The first-order valence-electron chi connectivity index (χ1n) is 8.68. The molecule has 0 fully saturated rings. The first kappa shape index (κ1) is 18.8. The van der Waals surface area contributed by atoms with Crippen molar-refractivity contribution in [2.24, 2.45) is 0 Å². The summed E-state index contributed by atoms with van der Waals surface area (Å²) < 4.78 is 21.7. The molecule has 2 aromatic carbocycles. The van der Waals surface area contributed by atoms with Crippen molar-refractivity contribution in [3.8, 4) is 28.7 Å². The third-order valence-electron chi connectivity index (χ3n) is 4.35. The number of ether oxygens (including phenoxy) is 3. The summed E-state index contributed by atoms with van der Waals surface area (Å²) in [5.74, 6) is 2.01. The molecule has 148 valence electrons. The molecule has 1 amide bonds. The number of fused-ring (bicyclic) bond motifs is 1. The zero-order valence-corrected chi connectivity index (χ0v) is 16.8. The van der Waals surface area contributed by atoms with Gasteiger partial charge < -0.3 is 18.6 Å². The number of para-hydroxylation sites is 1. The summed E-state index contributed by atoms with van der Waals surface area (Å²) >= 11 is 1.31. The molecule has 0 aliphatic rings. The van der Waals surface area contributed by atoms with Gasteiger partial charge in [-0.05, 0) is 30.3 Å². The fourth-order valence-electron chi connectivity index (χ4n) is 2.91. The standard InChI is InChI=1S/C21H18N2O5S/c1-25-15-8-7-13(10-18(15)27-3)20(24)23-21-22-14(11-29-21)17-9-12-5-4-6-16(26-2)19(12)28-17/h4-11H,1-3H3,(H,22,23,24). The van der Waals surface area contributed by atoms with E-state index in [-0.39, 0.29) is 5.91 Å². The Balaban J connectivity index is 1.56. The molecule has 0 saturated carbocycles. The number of amides is 1. The molecule has 7 nitrogen and oxygen atoms in total. The number of rotatable bonds is 6. The number of carbonyl (C=O) groups is 1. The molecule has 0 saturated heterocycles. The molecule has 0 atom stereocenters. The van der Waals surface area contributed by atoms with Crippen molar-refractivity contribution in [1.29, 1.82) is 0 Å². The van der Waals surface area contributed by atoms with Crippen LogP contribution in [-0.2, 0) is 0 Å². The summed E-state index contributed by atoms with van der Waals surface area (Å²) in [4.78, 5) is 17.0. The lowest BCUT2D eigenvalue weighted by atomic mass is 10.2. The van der Waals surface area contributed by atoms with E-state index >= 15 is 0 Å². The van der Waals surface area contributed by atoms with Gasteiger partial charge in [-0.25, -0.2) is 4.98 Å². The largest absolute Gasteiger partial charge is 0.493 e. The number of nitrogens with zero attached hydrogens (tertiary/aromatic N) is 1. The summed E-state index contributed by atoms with van der Waals surface area (Å²) in [6, 6.07) is 12.5. The number of thiazole rings is 1. The SMILES string of the molecule is COc1ccc(C(=O)Nc2nc(-c3cc4cccc(OC)c4o3)cs2)cc1OC.